The zero-order valence-corrected chi connectivity index (χ0v) is 20.9. The standard InChI is InChI=1S/C26H31ClN2O5/c1-18-14-19(2)16-22(15-18)34-25(32)29-13-11-26(29,3)24(31)28(12-5-6-23(30)33-4)17-20-7-9-21(27)10-8-20/h7-10,14-16H,5-6,11-13,17H2,1-4H3. The van der Waals surface area contributed by atoms with Crippen molar-refractivity contribution < 1.29 is 23.9 Å². The molecular weight excluding hydrogens is 456 g/mol. The zero-order valence-electron chi connectivity index (χ0n) is 20.1. The van der Waals surface area contributed by atoms with Gasteiger partial charge in [-0.1, -0.05) is 29.8 Å². The summed E-state index contributed by atoms with van der Waals surface area (Å²) in [5.41, 5.74) is 1.87. The molecule has 1 saturated heterocycles. The van der Waals surface area contributed by atoms with Gasteiger partial charge in [-0.15, -0.1) is 0 Å². The molecule has 1 atom stereocenters. The van der Waals surface area contributed by atoms with E-state index in [4.69, 9.17) is 21.1 Å². The van der Waals surface area contributed by atoms with E-state index in [0.29, 0.717) is 43.2 Å². The van der Waals surface area contributed by atoms with Crippen LogP contribution in [0.1, 0.15) is 42.9 Å². The van der Waals surface area contributed by atoms with E-state index in [1.54, 1.807) is 36.1 Å². The number of carbonyl (C=O) groups is 3. The Morgan fingerprint density at radius 3 is 2.29 bits per heavy atom. The van der Waals surface area contributed by atoms with E-state index in [1.165, 1.54) is 12.0 Å². The molecule has 0 bridgehead atoms. The Morgan fingerprint density at radius 2 is 1.74 bits per heavy atom. The number of esters is 1. The molecule has 182 valence electrons. The van der Waals surface area contributed by atoms with Gasteiger partial charge in [-0.3, -0.25) is 14.5 Å². The number of halogens is 1. The highest BCUT2D eigenvalue weighted by molar-refractivity contribution is 6.30. The molecule has 1 fully saturated rings. The second-order valence-electron chi connectivity index (χ2n) is 8.90. The molecule has 2 amide bonds. The highest BCUT2D eigenvalue weighted by atomic mass is 35.5. The van der Waals surface area contributed by atoms with Crippen molar-refractivity contribution in [3.8, 4) is 5.75 Å². The number of carbonyl (C=O) groups excluding carboxylic acids is 3. The molecule has 1 aliphatic heterocycles. The molecule has 0 spiro atoms. The minimum absolute atomic E-state index is 0.184. The van der Waals surface area contributed by atoms with Crippen LogP contribution in [0.5, 0.6) is 5.75 Å². The number of hydrogen-bond acceptors (Lipinski definition) is 5. The maximum absolute atomic E-state index is 13.7. The molecule has 34 heavy (non-hydrogen) atoms. The Kier molecular flexibility index (Phi) is 8.20. The van der Waals surface area contributed by atoms with Crippen LogP contribution in [0, 0.1) is 13.8 Å². The molecule has 0 aromatic heterocycles. The van der Waals surface area contributed by atoms with Gasteiger partial charge >= 0.3 is 12.1 Å². The minimum atomic E-state index is -1.02. The summed E-state index contributed by atoms with van der Waals surface area (Å²) in [7, 11) is 1.34. The Labute approximate surface area is 205 Å². The zero-order chi connectivity index (χ0) is 24.9. The fourth-order valence-corrected chi connectivity index (χ4v) is 4.27. The van der Waals surface area contributed by atoms with Gasteiger partial charge in [-0.2, -0.15) is 0 Å². The van der Waals surface area contributed by atoms with Gasteiger partial charge in [-0.25, -0.2) is 4.79 Å². The summed E-state index contributed by atoms with van der Waals surface area (Å²) < 4.78 is 10.3. The first kappa shape index (κ1) is 25.6. The largest absolute Gasteiger partial charge is 0.469 e. The topological polar surface area (TPSA) is 76.2 Å². The number of ether oxygens (including phenoxy) is 2. The van der Waals surface area contributed by atoms with Crippen LogP contribution in [-0.4, -0.2) is 53.5 Å². The third-order valence-corrected chi connectivity index (χ3v) is 6.36. The van der Waals surface area contributed by atoms with Crippen molar-refractivity contribution in [2.45, 2.75) is 52.1 Å². The number of aryl methyl sites for hydroxylation is 2. The van der Waals surface area contributed by atoms with Crippen molar-refractivity contribution in [2.24, 2.45) is 0 Å². The molecule has 2 aromatic carbocycles. The molecular formula is C26H31ClN2O5. The molecule has 1 heterocycles. The van der Waals surface area contributed by atoms with Crippen LogP contribution in [0.3, 0.4) is 0 Å². The van der Waals surface area contributed by atoms with Gasteiger partial charge in [0.15, 0.2) is 0 Å². The Morgan fingerprint density at radius 1 is 1.09 bits per heavy atom. The first-order valence-electron chi connectivity index (χ1n) is 11.3. The second kappa shape index (κ2) is 10.9. The second-order valence-corrected chi connectivity index (χ2v) is 9.34. The molecule has 0 radical (unpaired) electrons. The van der Waals surface area contributed by atoms with Crippen molar-refractivity contribution in [1.82, 2.24) is 9.80 Å². The van der Waals surface area contributed by atoms with E-state index in [9.17, 15) is 14.4 Å². The summed E-state index contributed by atoms with van der Waals surface area (Å²) >= 11 is 6.00. The number of nitrogens with zero attached hydrogens (tertiary/aromatic N) is 2. The Bertz CT molecular complexity index is 1040. The van der Waals surface area contributed by atoms with Crippen molar-refractivity contribution in [2.75, 3.05) is 20.2 Å². The number of likely N-dealkylation sites (tertiary alicyclic amines) is 1. The van der Waals surface area contributed by atoms with Crippen molar-refractivity contribution in [1.29, 1.82) is 0 Å². The lowest BCUT2D eigenvalue weighted by molar-refractivity contribution is -0.151. The molecule has 1 aliphatic rings. The Balaban J connectivity index is 1.75. The Hall–Kier alpha value is -3.06. The van der Waals surface area contributed by atoms with Crippen LogP contribution >= 0.6 is 11.6 Å². The quantitative estimate of drug-likeness (QED) is 0.496. The third kappa shape index (κ3) is 6.08. The number of amides is 2. The molecule has 1 unspecified atom stereocenters. The summed E-state index contributed by atoms with van der Waals surface area (Å²) in [6.45, 7) is 6.76. The number of benzene rings is 2. The predicted molar refractivity (Wildman–Crippen MR) is 130 cm³/mol. The SMILES string of the molecule is COC(=O)CCCN(Cc1ccc(Cl)cc1)C(=O)C1(C)CCN1C(=O)Oc1cc(C)cc(C)c1. The molecule has 0 saturated carbocycles. The summed E-state index contributed by atoms with van der Waals surface area (Å²) in [5.74, 6) is -0.0522. The van der Waals surface area contributed by atoms with E-state index in [-0.39, 0.29) is 18.3 Å². The summed E-state index contributed by atoms with van der Waals surface area (Å²) in [6, 6.07) is 12.8. The van der Waals surface area contributed by atoms with Gasteiger partial charge in [0.2, 0.25) is 5.91 Å². The monoisotopic (exact) mass is 486 g/mol. The highest BCUT2D eigenvalue weighted by Crippen LogP contribution is 2.34. The summed E-state index contributed by atoms with van der Waals surface area (Å²) in [4.78, 5) is 41.4. The summed E-state index contributed by atoms with van der Waals surface area (Å²) in [6.07, 6.45) is 0.640. The first-order valence-corrected chi connectivity index (χ1v) is 11.7. The smallest absolute Gasteiger partial charge is 0.416 e. The average molecular weight is 487 g/mol. The third-order valence-electron chi connectivity index (χ3n) is 6.11. The number of rotatable bonds is 8. The van der Waals surface area contributed by atoms with E-state index in [0.717, 1.165) is 16.7 Å². The maximum atomic E-state index is 13.7. The van der Waals surface area contributed by atoms with E-state index >= 15 is 0 Å². The molecule has 8 heteroatoms. The van der Waals surface area contributed by atoms with Gasteiger partial charge in [0.1, 0.15) is 11.3 Å². The van der Waals surface area contributed by atoms with Crippen molar-refractivity contribution >= 4 is 29.6 Å². The maximum Gasteiger partial charge on any atom is 0.416 e. The van der Waals surface area contributed by atoms with E-state index in [1.807, 2.05) is 32.0 Å². The van der Waals surface area contributed by atoms with Crippen LogP contribution in [0.4, 0.5) is 4.79 Å². The van der Waals surface area contributed by atoms with E-state index in [2.05, 4.69) is 0 Å². The first-order chi connectivity index (χ1) is 16.1. The van der Waals surface area contributed by atoms with Gasteiger partial charge < -0.3 is 14.4 Å². The van der Waals surface area contributed by atoms with Crippen molar-refractivity contribution in [3.63, 3.8) is 0 Å². The molecule has 7 nitrogen and oxygen atoms in total. The number of methoxy groups -OCH3 is 1. The predicted octanol–water partition coefficient (Wildman–Crippen LogP) is 4.90. The average Bonchev–Trinajstić information content (AvgIpc) is 2.77. The molecule has 3 rings (SSSR count). The van der Waals surface area contributed by atoms with Crippen molar-refractivity contribution in [3.05, 3.63) is 64.2 Å². The lowest BCUT2D eigenvalue weighted by atomic mass is 9.85. The van der Waals surface area contributed by atoms with Gasteiger partial charge in [0.25, 0.3) is 0 Å². The van der Waals surface area contributed by atoms with Crippen LogP contribution in [0.25, 0.3) is 0 Å². The lowest BCUT2D eigenvalue weighted by Gasteiger charge is -2.49. The lowest BCUT2D eigenvalue weighted by Crippen LogP contribution is -2.68. The fourth-order valence-electron chi connectivity index (χ4n) is 4.14. The van der Waals surface area contributed by atoms with Gasteiger partial charge in [0, 0.05) is 31.1 Å². The fraction of sp³-hybridized carbons (Fsp3) is 0.423. The molecule has 0 N–H and O–H groups in total. The number of hydrogen-bond donors (Lipinski definition) is 0. The van der Waals surface area contributed by atoms with Crippen LogP contribution < -0.4 is 4.74 Å². The van der Waals surface area contributed by atoms with Crippen LogP contribution in [-0.2, 0) is 20.9 Å². The van der Waals surface area contributed by atoms with Gasteiger partial charge in [-0.05, 0) is 74.6 Å². The normalized spacial score (nSPS) is 17.0. The highest BCUT2D eigenvalue weighted by Gasteiger charge is 2.52. The summed E-state index contributed by atoms with van der Waals surface area (Å²) in [5, 5.41) is 0.610. The van der Waals surface area contributed by atoms with Crippen LogP contribution in [0.2, 0.25) is 5.02 Å². The van der Waals surface area contributed by atoms with E-state index < -0.39 is 11.6 Å². The molecule has 2 aromatic rings. The van der Waals surface area contributed by atoms with Crippen LogP contribution in [0.15, 0.2) is 42.5 Å². The molecule has 0 aliphatic carbocycles. The minimum Gasteiger partial charge on any atom is -0.469 e. The van der Waals surface area contributed by atoms with Gasteiger partial charge in [0.05, 0.1) is 7.11 Å².